The molecule has 0 unspecified atom stereocenters. The van der Waals surface area contributed by atoms with Crippen LogP contribution in [0.15, 0.2) is 23.8 Å². The molecule has 2 heteroatoms. The molecule has 3 rings (SSSR count). The molecular formula is C21H31NO. The molecule has 1 heterocycles. The number of hydrogen-bond acceptors (Lipinski definition) is 2. The smallest absolute Gasteiger partial charge is 0.126 e. The normalized spacial score (nSPS) is 25.1. The SMILES string of the molecule is CCCCCc1cc(N)c2c(c1)OC(C)(C)[C@@H]1CCC(C)=C[C@@H]21. The number of fused-ring (bicyclic) bond motifs is 3. The van der Waals surface area contributed by atoms with Crippen molar-refractivity contribution in [2.75, 3.05) is 5.73 Å². The lowest BCUT2D eigenvalue weighted by molar-refractivity contribution is 0.0119. The number of unbranched alkanes of at least 4 members (excludes halogenated alkanes) is 2. The van der Waals surface area contributed by atoms with Gasteiger partial charge in [0.05, 0.1) is 0 Å². The van der Waals surface area contributed by atoms with Gasteiger partial charge in [-0.15, -0.1) is 0 Å². The van der Waals surface area contributed by atoms with Crippen molar-refractivity contribution in [2.24, 2.45) is 5.92 Å². The molecule has 2 nitrogen and oxygen atoms in total. The first-order valence-corrected chi connectivity index (χ1v) is 9.21. The highest BCUT2D eigenvalue weighted by atomic mass is 16.5. The summed E-state index contributed by atoms with van der Waals surface area (Å²) in [4.78, 5) is 0. The van der Waals surface area contributed by atoms with Gasteiger partial charge in [-0.1, -0.05) is 31.4 Å². The maximum absolute atomic E-state index is 6.48. The molecule has 1 aliphatic heterocycles. The number of allylic oxidation sites excluding steroid dienone is 2. The molecule has 0 saturated carbocycles. The van der Waals surface area contributed by atoms with E-state index in [1.807, 2.05) is 0 Å². The minimum Gasteiger partial charge on any atom is -0.487 e. The van der Waals surface area contributed by atoms with Crippen molar-refractivity contribution in [3.05, 3.63) is 34.9 Å². The number of rotatable bonds is 4. The number of anilines is 1. The standard InChI is InChI=1S/C21H31NO/c1-5-6-7-8-15-12-18(22)20-16-11-14(2)9-10-17(16)21(3,4)23-19(20)13-15/h11-13,16-17H,5-10,22H2,1-4H3/t16-,17-/m1/s1. The first kappa shape index (κ1) is 16.4. The Balaban J connectivity index is 1.99. The van der Waals surface area contributed by atoms with E-state index in [2.05, 4.69) is 45.9 Å². The highest BCUT2D eigenvalue weighted by Crippen LogP contribution is 2.52. The molecule has 0 radical (unpaired) electrons. The van der Waals surface area contributed by atoms with Crippen LogP contribution in [0.25, 0.3) is 0 Å². The summed E-state index contributed by atoms with van der Waals surface area (Å²) < 4.78 is 6.44. The largest absolute Gasteiger partial charge is 0.487 e. The Hall–Kier alpha value is -1.44. The average molecular weight is 313 g/mol. The molecule has 0 fully saturated rings. The molecule has 0 bridgehead atoms. The molecular weight excluding hydrogens is 282 g/mol. The third-order valence-electron chi connectivity index (χ3n) is 5.65. The van der Waals surface area contributed by atoms with Crippen LogP contribution in [0.4, 0.5) is 5.69 Å². The van der Waals surface area contributed by atoms with Gasteiger partial charge < -0.3 is 10.5 Å². The van der Waals surface area contributed by atoms with Crippen LogP contribution in [-0.4, -0.2) is 5.60 Å². The Morgan fingerprint density at radius 2 is 2.04 bits per heavy atom. The number of ether oxygens (including phenoxy) is 1. The average Bonchev–Trinajstić information content (AvgIpc) is 2.46. The number of nitrogens with two attached hydrogens (primary N) is 1. The summed E-state index contributed by atoms with van der Waals surface area (Å²) in [7, 11) is 0. The van der Waals surface area contributed by atoms with Crippen molar-refractivity contribution in [3.63, 3.8) is 0 Å². The van der Waals surface area contributed by atoms with Gasteiger partial charge in [0.25, 0.3) is 0 Å². The van der Waals surface area contributed by atoms with Gasteiger partial charge in [-0.3, -0.25) is 0 Å². The molecule has 2 atom stereocenters. The van der Waals surface area contributed by atoms with Crippen molar-refractivity contribution >= 4 is 5.69 Å². The molecule has 1 aromatic carbocycles. The maximum Gasteiger partial charge on any atom is 0.126 e. The second-order valence-corrected chi connectivity index (χ2v) is 7.94. The van der Waals surface area contributed by atoms with Crippen LogP contribution in [0.1, 0.15) is 76.8 Å². The molecule has 0 aromatic heterocycles. The van der Waals surface area contributed by atoms with Crippen molar-refractivity contribution in [3.8, 4) is 5.75 Å². The van der Waals surface area contributed by atoms with Gasteiger partial charge in [0, 0.05) is 23.1 Å². The number of benzene rings is 1. The van der Waals surface area contributed by atoms with E-state index in [9.17, 15) is 0 Å². The first-order valence-electron chi connectivity index (χ1n) is 9.21. The number of nitrogen functional groups attached to an aromatic ring is 1. The summed E-state index contributed by atoms with van der Waals surface area (Å²) in [6.07, 6.45) is 9.65. The second kappa shape index (κ2) is 6.22. The van der Waals surface area contributed by atoms with Gasteiger partial charge in [-0.2, -0.15) is 0 Å². The fourth-order valence-electron chi connectivity index (χ4n) is 4.36. The van der Waals surface area contributed by atoms with Gasteiger partial charge >= 0.3 is 0 Å². The zero-order valence-electron chi connectivity index (χ0n) is 15.1. The maximum atomic E-state index is 6.48. The van der Waals surface area contributed by atoms with E-state index in [-0.39, 0.29) is 5.60 Å². The molecule has 0 amide bonds. The van der Waals surface area contributed by atoms with E-state index in [1.54, 1.807) is 0 Å². The van der Waals surface area contributed by atoms with E-state index >= 15 is 0 Å². The highest BCUT2D eigenvalue weighted by Gasteiger charge is 2.44. The lowest BCUT2D eigenvalue weighted by Crippen LogP contribution is -2.45. The summed E-state index contributed by atoms with van der Waals surface area (Å²) in [5.74, 6) is 1.95. The highest BCUT2D eigenvalue weighted by molar-refractivity contribution is 5.61. The van der Waals surface area contributed by atoms with E-state index in [0.29, 0.717) is 11.8 Å². The fourth-order valence-corrected chi connectivity index (χ4v) is 4.36. The zero-order chi connectivity index (χ0) is 16.6. The van der Waals surface area contributed by atoms with E-state index in [0.717, 1.165) is 17.9 Å². The lowest BCUT2D eigenvalue weighted by Gasteiger charge is -2.46. The van der Waals surface area contributed by atoms with E-state index in [1.165, 1.54) is 48.8 Å². The Kier molecular flexibility index (Phi) is 4.44. The molecule has 126 valence electrons. The van der Waals surface area contributed by atoms with Crippen molar-refractivity contribution < 1.29 is 4.74 Å². The van der Waals surface area contributed by atoms with E-state index in [4.69, 9.17) is 10.5 Å². The molecule has 0 saturated heterocycles. The number of hydrogen-bond donors (Lipinski definition) is 1. The molecule has 1 aliphatic carbocycles. The fraction of sp³-hybridized carbons (Fsp3) is 0.619. The third kappa shape index (κ3) is 3.13. The molecule has 2 N–H and O–H groups in total. The van der Waals surface area contributed by atoms with Gasteiger partial charge in [0.15, 0.2) is 0 Å². The minimum absolute atomic E-state index is 0.122. The molecule has 23 heavy (non-hydrogen) atoms. The van der Waals surface area contributed by atoms with Gasteiger partial charge in [0.1, 0.15) is 11.4 Å². The van der Waals surface area contributed by atoms with Crippen LogP contribution in [0.5, 0.6) is 5.75 Å². The van der Waals surface area contributed by atoms with Crippen LogP contribution < -0.4 is 10.5 Å². The Morgan fingerprint density at radius 3 is 2.78 bits per heavy atom. The van der Waals surface area contributed by atoms with Crippen molar-refractivity contribution in [1.29, 1.82) is 0 Å². The second-order valence-electron chi connectivity index (χ2n) is 7.94. The van der Waals surface area contributed by atoms with Gasteiger partial charge in [-0.25, -0.2) is 0 Å². The van der Waals surface area contributed by atoms with Crippen LogP contribution in [0.3, 0.4) is 0 Å². The Morgan fingerprint density at radius 1 is 1.26 bits per heavy atom. The molecule has 1 aromatic rings. The van der Waals surface area contributed by atoms with Gasteiger partial charge in [-0.05, 0) is 64.2 Å². The summed E-state index contributed by atoms with van der Waals surface area (Å²) in [6.45, 7) is 8.96. The predicted molar refractivity (Wildman–Crippen MR) is 98.0 cm³/mol. The van der Waals surface area contributed by atoms with Crippen molar-refractivity contribution in [1.82, 2.24) is 0 Å². The Labute approximate surface area is 141 Å². The topological polar surface area (TPSA) is 35.2 Å². The monoisotopic (exact) mass is 313 g/mol. The minimum atomic E-state index is -0.122. The lowest BCUT2D eigenvalue weighted by atomic mass is 9.68. The quantitative estimate of drug-likeness (QED) is 0.445. The predicted octanol–water partition coefficient (Wildman–Crippen LogP) is 5.61. The van der Waals surface area contributed by atoms with Crippen LogP contribution in [0, 0.1) is 5.92 Å². The zero-order valence-corrected chi connectivity index (χ0v) is 15.1. The summed E-state index contributed by atoms with van der Waals surface area (Å²) in [5, 5.41) is 0. The third-order valence-corrected chi connectivity index (χ3v) is 5.65. The summed E-state index contributed by atoms with van der Waals surface area (Å²) in [5.41, 5.74) is 11.3. The van der Waals surface area contributed by atoms with Crippen molar-refractivity contribution in [2.45, 2.75) is 77.7 Å². The summed E-state index contributed by atoms with van der Waals surface area (Å²) in [6, 6.07) is 4.43. The molecule has 2 aliphatic rings. The van der Waals surface area contributed by atoms with Crippen LogP contribution in [-0.2, 0) is 6.42 Å². The Bertz CT molecular complexity index is 615. The van der Waals surface area contributed by atoms with Gasteiger partial charge in [0.2, 0.25) is 0 Å². The summed E-state index contributed by atoms with van der Waals surface area (Å²) >= 11 is 0. The van der Waals surface area contributed by atoms with Crippen LogP contribution in [0.2, 0.25) is 0 Å². The first-order chi connectivity index (χ1) is 10.9. The van der Waals surface area contributed by atoms with Crippen LogP contribution >= 0.6 is 0 Å². The number of aryl methyl sites for hydroxylation is 1. The van der Waals surface area contributed by atoms with E-state index < -0.39 is 0 Å². The molecule has 0 spiro atoms.